The maximum atomic E-state index is 12.9. The third kappa shape index (κ3) is 0.717. The molecule has 5 aliphatic rings. The molecule has 0 aromatic rings. The number of Topliss-reactive ketones (excluding diaryl/α,β-unsaturated/α-hetero) is 2. The van der Waals surface area contributed by atoms with Crippen LogP contribution in [0, 0.1) is 34.5 Å². The lowest BCUT2D eigenvalue weighted by atomic mass is 9.43. The number of carbonyl (C=O) groups excluding carboxylic acids is 2. The highest BCUT2D eigenvalue weighted by Crippen LogP contribution is 2.70. The number of fused-ring (bicyclic) bond motifs is 6. The van der Waals surface area contributed by atoms with Gasteiger partial charge in [-0.2, -0.15) is 0 Å². The monoisotopic (exact) mass is 240 g/mol. The lowest BCUT2D eigenvalue weighted by Gasteiger charge is -2.54. The van der Waals surface area contributed by atoms with Gasteiger partial charge in [0.05, 0.1) is 10.8 Å². The summed E-state index contributed by atoms with van der Waals surface area (Å²) < 4.78 is 0. The molecule has 2 nitrogen and oxygen atoms in total. The van der Waals surface area contributed by atoms with E-state index >= 15 is 0 Å². The molecular formula is C16H16O2. The molecule has 18 heavy (non-hydrogen) atoms. The standard InChI is InChI=1S/C16H16O2/c17-13-15(7-9-1-3-11(15)5-9)14(18)16(13)8-10-2-4-12(16)6-10/h1-4,9-12H,5-8H2/t9-,10-,11-,12+,15?,16?/m0/s1. The normalized spacial score (nSPS) is 58.4. The molecular weight excluding hydrogens is 224 g/mol. The van der Waals surface area contributed by atoms with Crippen LogP contribution in [0.5, 0.6) is 0 Å². The Morgan fingerprint density at radius 1 is 0.778 bits per heavy atom. The zero-order valence-corrected chi connectivity index (χ0v) is 10.3. The van der Waals surface area contributed by atoms with Crippen LogP contribution in [0.25, 0.3) is 0 Å². The van der Waals surface area contributed by atoms with E-state index in [1.165, 1.54) is 0 Å². The Balaban J connectivity index is 1.61. The number of hydrogen-bond acceptors (Lipinski definition) is 2. The zero-order chi connectivity index (χ0) is 12.1. The Bertz CT molecular complexity index is 491. The summed E-state index contributed by atoms with van der Waals surface area (Å²) in [6, 6.07) is 0. The van der Waals surface area contributed by atoms with Gasteiger partial charge >= 0.3 is 0 Å². The second-order valence-corrected chi connectivity index (χ2v) is 6.98. The van der Waals surface area contributed by atoms with Crippen LogP contribution in [0.4, 0.5) is 0 Å². The summed E-state index contributed by atoms with van der Waals surface area (Å²) in [4.78, 5) is 25.8. The van der Waals surface area contributed by atoms with Crippen molar-refractivity contribution in [2.24, 2.45) is 34.5 Å². The quantitative estimate of drug-likeness (QED) is 0.481. The van der Waals surface area contributed by atoms with Gasteiger partial charge in [0, 0.05) is 0 Å². The summed E-state index contributed by atoms with van der Waals surface area (Å²) >= 11 is 0. The van der Waals surface area contributed by atoms with Crippen molar-refractivity contribution in [2.75, 3.05) is 0 Å². The molecule has 2 spiro atoms. The maximum absolute atomic E-state index is 12.9. The van der Waals surface area contributed by atoms with Gasteiger partial charge in [0.15, 0.2) is 11.6 Å². The first kappa shape index (κ1) is 9.71. The fraction of sp³-hybridized carbons (Fsp3) is 0.625. The summed E-state index contributed by atoms with van der Waals surface area (Å²) in [5.41, 5.74) is -1.14. The van der Waals surface area contributed by atoms with E-state index in [1.54, 1.807) is 0 Å². The first-order valence-electron chi connectivity index (χ1n) is 7.14. The predicted molar refractivity (Wildman–Crippen MR) is 65.6 cm³/mol. The van der Waals surface area contributed by atoms with Gasteiger partial charge in [-0.15, -0.1) is 0 Å². The van der Waals surface area contributed by atoms with E-state index in [1.807, 2.05) is 0 Å². The number of rotatable bonds is 0. The van der Waals surface area contributed by atoms with Gasteiger partial charge < -0.3 is 0 Å². The fourth-order valence-electron chi connectivity index (χ4n) is 5.70. The Labute approximate surface area is 106 Å². The minimum absolute atomic E-state index is 0.233. The molecule has 0 aromatic heterocycles. The summed E-state index contributed by atoms with van der Waals surface area (Å²) in [6.45, 7) is 0. The highest BCUT2D eigenvalue weighted by Gasteiger charge is 2.79. The van der Waals surface area contributed by atoms with E-state index in [9.17, 15) is 9.59 Å². The molecule has 4 bridgehead atoms. The van der Waals surface area contributed by atoms with Crippen molar-refractivity contribution < 1.29 is 9.59 Å². The Morgan fingerprint density at radius 2 is 1.22 bits per heavy atom. The average Bonchev–Trinajstić information content (AvgIpc) is 3.14. The molecule has 0 radical (unpaired) electrons. The second kappa shape index (κ2) is 2.56. The Kier molecular flexibility index (Phi) is 1.38. The highest BCUT2D eigenvalue weighted by molar-refractivity contribution is 6.32. The largest absolute Gasteiger partial charge is 0.297 e. The van der Waals surface area contributed by atoms with E-state index < -0.39 is 10.8 Å². The lowest BCUT2D eigenvalue weighted by Crippen LogP contribution is -2.69. The fourth-order valence-corrected chi connectivity index (χ4v) is 5.70. The number of hydrogen-bond donors (Lipinski definition) is 0. The highest BCUT2D eigenvalue weighted by atomic mass is 16.2. The van der Waals surface area contributed by atoms with Crippen molar-refractivity contribution >= 4 is 11.6 Å². The molecule has 3 saturated carbocycles. The molecule has 5 aliphatic carbocycles. The maximum Gasteiger partial charge on any atom is 0.161 e. The van der Waals surface area contributed by atoms with E-state index in [-0.39, 0.29) is 11.8 Å². The molecule has 92 valence electrons. The summed E-state index contributed by atoms with van der Waals surface area (Å²) in [5.74, 6) is 2.08. The van der Waals surface area contributed by atoms with Crippen molar-refractivity contribution in [3.63, 3.8) is 0 Å². The van der Waals surface area contributed by atoms with E-state index in [0.29, 0.717) is 23.4 Å². The lowest BCUT2D eigenvalue weighted by molar-refractivity contribution is -0.176. The van der Waals surface area contributed by atoms with Gasteiger partial charge in [-0.05, 0) is 49.4 Å². The zero-order valence-electron chi connectivity index (χ0n) is 10.3. The van der Waals surface area contributed by atoms with Crippen molar-refractivity contribution in [3.8, 4) is 0 Å². The molecule has 0 N–H and O–H groups in total. The molecule has 0 saturated heterocycles. The molecule has 0 aliphatic heterocycles. The van der Waals surface area contributed by atoms with Crippen molar-refractivity contribution in [1.29, 1.82) is 0 Å². The Morgan fingerprint density at radius 3 is 1.50 bits per heavy atom. The molecule has 0 amide bonds. The van der Waals surface area contributed by atoms with Gasteiger partial charge in [-0.1, -0.05) is 24.3 Å². The molecule has 4 atom stereocenters. The first-order chi connectivity index (χ1) is 8.68. The van der Waals surface area contributed by atoms with Crippen LogP contribution in [-0.2, 0) is 9.59 Å². The number of allylic oxidation sites excluding steroid dienone is 4. The minimum Gasteiger partial charge on any atom is -0.297 e. The van der Waals surface area contributed by atoms with Crippen LogP contribution >= 0.6 is 0 Å². The van der Waals surface area contributed by atoms with Crippen LogP contribution in [0.1, 0.15) is 25.7 Å². The van der Waals surface area contributed by atoms with Crippen LogP contribution in [-0.4, -0.2) is 11.6 Å². The second-order valence-electron chi connectivity index (χ2n) is 6.98. The predicted octanol–water partition coefficient (Wildman–Crippen LogP) is 2.30. The summed E-state index contributed by atoms with van der Waals surface area (Å²) in [6.07, 6.45) is 12.4. The number of ketones is 2. The van der Waals surface area contributed by atoms with Crippen LogP contribution in [0.2, 0.25) is 0 Å². The minimum atomic E-state index is -0.572. The molecule has 0 unspecified atom stereocenters. The average molecular weight is 240 g/mol. The SMILES string of the molecule is O=C1C2(C[C@H]3C=C[C@@H]2C3)C(=O)C12C[C@H]1C=C[C@H]2C1. The van der Waals surface area contributed by atoms with Gasteiger partial charge in [0.25, 0.3) is 0 Å². The smallest absolute Gasteiger partial charge is 0.161 e. The van der Waals surface area contributed by atoms with Crippen LogP contribution in [0.15, 0.2) is 24.3 Å². The third-order valence-corrected chi connectivity index (χ3v) is 6.40. The van der Waals surface area contributed by atoms with Gasteiger partial charge in [0.2, 0.25) is 0 Å². The topological polar surface area (TPSA) is 34.1 Å². The summed E-state index contributed by atoms with van der Waals surface area (Å²) in [7, 11) is 0. The Hall–Kier alpha value is -1.18. The number of carbonyl (C=O) groups is 2. The first-order valence-corrected chi connectivity index (χ1v) is 7.14. The van der Waals surface area contributed by atoms with Gasteiger partial charge in [-0.25, -0.2) is 0 Å². The molecule has 0 aromatic carbocycles. The van der Waals surface area contributed by atoms with Crippen molar-refractivity contribution in [3.05, 3.63) is 24.3 Å². The van der Waals surface area contributed by atoms with Crippen molar-refractivity contribution in [2.45, 2.75) is 25.7 Å². The molecule has 3 fully saturated rings. The summed E-state index contributed by atoms with van der Waals surface area (Å²) in [5, 5.41) is 0. The molecule has 5 rings (SSSR count). The van der Waals surface area contributed by atoms with E-state index in [0.717, 1.165) is 25.7 Å². The van der Waals surface area contributed by atoms with Gasteiger partial charge in [0.1, 0.15) is 0 Å². The van der Waals surface area contributed by atoms with Crippen molar-refractivity contribution in [1.82, 2.24) is 0 Å². The van der Waals surface area contributed by atoms with Crippen LogP contribution in [0.3, 0.4) is 0 Å². The van der Waals surface area contributed by atoms with Crippen LogP contribution < -0.4 is 0 Å². The van der Waals surface area contributed by atoms with E-state index in [2.05, 4.69) is 24.3 Å². The van der Waals surface area contributed by atoms with E-state index in [4.69, 9.17) is 0 Å². The molecule has 0 heterocycles. The third-order valence-electron chi connectivity index (χ3n) is 6.40. The van der Waals surface area contributed by atoms with Gasteiger partial charge in [-0.3, -0.25) is 9.59 Å². The molecule has 2 heteroatoms.